The summed E-state index contributed by atoms with van der Waals surface area (Å²) in [5.74, 6) is 1.33. The van der Waals surface area contributed by atoms with Gasteiger partial charge in [-0.25, -0.2) is 0 Å². The molecule has 0 saturated heterocycles. The minimum absolute atomic E-state index is 0.458. The zero-order valence-corrected chi connectivity index (χ0v) is 13.1. The van der Waals surface area contributed by atoms with Crippen LogP contribution in [-0.2, 0) is 24.9 Å². The smallest absolute Gasteiger partial charge is 0.129 e. The number of aryl methyl sites for hydroxylation is 1. The highest BCUT2D eigenvalue weighted by atomic mass is 16.5. The first-order valence-corrected chi connectivity index (χ1v) is 7.50. The van der Waals surface area contributed by atoms with Crippen LogP contribution >= 0.6 is 0 Å². The Kier molecular flexibility index (Phi) is 6.02. The summed E-state index contributed by atoms with van der Waals surface area (Å²) in [5.41, 5.74) is 2.46. The number of nitrogens with zero attached hydrogens (tertiary/aromatic N) is 2. The van der Waals surface area contributed by atoms with Crippen molar-refractivity contribution in [3.8, 4) is 0 Å². The third kappa shape index (κ3) is 5.02. The number of nitrogens with one attached hydrogen (secondary N) is 1. The van der Waals surface area contributed by atoms with Gasteiger partial charge in [-0.3, -0.25) is 4.68 Å². The predicted octanol–water partition coefficient (Wildman–Crippen LogP) is 2.83. The minimum Gasteiger partial charge on any atom is -0.467 e. The largest absolute Gasteiger partial charge is 0.467 e. The van der Waals surface area contributed by atoms with Crippen molar-refractivity contribution < 1.29 is 9.15 Å². The molecule has 0 atom stereocenters. The average Bonchev–Trinajstić information content (AvgIpc) is 3.07. The van der Waals surface area contributed by atoms with E-state index in [2.05, 4.69) is 30.5 Å². The van der Waals surface area contributed by atoms with E-state index in [0.717, 1.165) is 31.9 Å². The van der Waals surface area contributed by atoms with Crippen molar-refractivity contribution in [2.24, 2.45) is 7.05 Å². The molecule has 2 rings (SSSR count). The molecule has 0 spiro atoms. The van der Waals surface area contributed by atoms with Crippen LogP contribution in [0.1, 0.15) is 43.2 Å². The van der Waals surface area contributed by atoms with Gasteiger partial charge in [-0.15, -0.1) is 0 Å². The van der Waals surface area contributed by atoms with E-state index in [4.69, 9.17) is 9.15 Å². The van der Waals surface area contributed by atoms with Crippen LogP contribution in [-0.4, -0.2) is 22.9 Å². The summed E-state index contributed by atoms with van der Waals surface area (Å²) < 4.78 is 12.6. The van der Waals surface area contributed by atoms with Gasteiger partial charge in [0.2, 0.25) is 0 Å². The van der Waals surface area contributed by atoms with Gasteiger partial charge in [0.15, 0.2) is 0 Å². The Hall–Kier alpha value is -1.59. The lowest BCUT2D eigenvalue weighted by Crippen LogP contribution is -2.17. The van der Waals surface area contributed by atoms with Crippen LogP contribution in [0.25, 0.3) is 0 Å². The number of hydrogen-bond acceptors (Lipinski definition) is 4. The Bertz CT molecular complexity index is 518. The quantitative estimate of drug-likeness (QED) is 0.722. The monoisotopic (exact) mass is 291 g/mol. The van der Waals surface area contributed by atoms with Crippen LogP contribution in [0.3, 0.4) is 0 Å². The SMILES string of the molecule is CC(C)c1nn(C)cc1CNCCCOCc1ccco1. The summed E-state index contributed by atoms with van der Waals surface area (Å²) in [7, 11) is 1.97. The average molecular weight is 291 g/mol. The topological polar surface area (TPSA) is 52.2 Å². The molecule has 5 heteroatoms. The second-order valence-corrected chi connectivity index (χ2v) is 5.53. The van der Waals surface area contributed by atoms with Gasteiger partial charge in [0, 0.05) is 32.0 Å². The Balaban J connectivity index is 1.59. The lowest BCUT2D eigenvalue weighted by molar-refractivity contribution is 0.104. The first kappa shape index (κ1) is 15.8. The highest BCUT2D eigenvalue weighted by molar-refractivity contribution is 5.19. The van der Waals surface area contributed by atoms with Gasteiger partial charge in [-0.2, -0.15) is 5.10 Å². The second-order valence-electron chi connectivity index (χ2n) is 5.53. The van der Waals surface area contributed by atoms with E-state index >= 15 is 0 Å². The molecule has 2 aromatic rings. The summed E-state index contributed by atoms with van der Waals surface area (Å²) >= 11 is 0. The van der Waals surface area contributed by atoms with E-state index in [9.17, 15) is 0 Å². The molecule has 0 aromatic carbocycles. The van der Waals surface area contributed by atoms with Crippen molar-refractivity contribution in [1.29, 1.82) is 0 Å². The molecule has 0 aliphatic rings. The normalized spacial score (nSPS) is 11.4. The van der Waals surface area contributed by atoms with Gasteiger partial charge in [-0.05, 0) is 31.0 Å². The molecule has 116 valence electrons. The van der Waals surface area contributed by atoms with Crippen LogP contribution < -0.4 is 5.32 Å². The fourth-order valence-electron chi connectivity index (χ4n) is 2.27. The summed E-state index contributed by atoms with van der Waals surface area (Å²) in [6.07, 6.45) is 4.74. The van der Waals surface area contributed by atoms with Gasteiger partial charge in [0.05, 0.1) is 12.0 Å². The minimum atomic E-state index is 0.458. The van der Waals surface area contributed by atoms with E-state index < -0.39 is 0 Å². The molecule has 0 saturated carbocycles. The van der Waals surface area contributed by atoms with Crippen molar-refractivity contribution >= 4 is 0 Å². The third-order valence-electron chi connectivity index (χ3n) is 3.27. The molecule has 0 aliphatic carbocycles. The number of aromatic nitrogens is 2. The Morgan fingerprint density at radius 3 is 3.00 bits per heavy atom. The van der Waals surface area contributed by atoms with Gasteiger partial charge < -0.3 is 14.5 Å². The molecule has 2 heterocycles. The van der Waals surface area contributed by atoms with Gasteiger partial charge in [0.25, 0.3) is 0 Å². The lowest BCUT2D eigenvalue weighted by Gasteiger charge is -2.07. The van der Waals surface area contributed by atoms with Gasteiger partial charge >= 0.3 is 0 Å². The fraction of sp³-hybridized carbons (Fsp3) is 0.562. The summed E-state index contributed by atoms with van der Waals surface area (Å²) in [6.45, 7) is 7.43. The summed E-state index contributed by atoms with van der Waals surface area (Å²) in [6, 6.07) is 3.80. The van der Waals surface area contributed by atoms with Crippen LogP contribution in [0.4, 0.5) is 0 Å². The van der Waals surface area contributed by atoms with E-state index in [1.807, 2.05) is 23.9 Å². The first-order valence-electron chi connectivity index (χ1n) is 7.50. The number of furan rings is 1. The van der Waals surface area contributed by atoms with E-state index in [0.29, 0.717) is 12.5 Å². The van der Waals surface area contributed by atoms with E-state index in [1.54, 1.807) is 6.26 Å². The Labute approximate surface area is 126 Å². The first-order chi connectivity index (χ1) is 10.2. The Morgan fingerprint density at radius 2 is 2.29 bits per heavy atom. The molecule has 5 nitrogen and oxygen atoms in total. The number of ether oxygens (including phenoxy) is 1. The second kappa shape index (κ2) is 8.00. The fourth-order valence-corrected chi connectivity index (χ4v) is 2.27. The molecule has 0 radical (unpaired) electrons. The zero-order chi connectivity index (χ0) is 15.1. The van der Waals surface area contributed by atoms with Crippen LogP contribution in [0.15, 0.2) is 29.0 Å². The summed E-state index contributed by atoms with van der Waals surface area (Å²) in [5, 5.41) is 7.96. The van der Waals surface area contributed by atoms with Crippen molar-refractivity contribution in [3.05, 3.63) is 41.6 Å². The standard InChI is InChI=1S/C16H25N3O2/c1-13(2)16-14(11-19(3)18-16)10-17-7-5-8-20-12-15-6-4-9-21-15/h4,6,9,11,13,17H,5,7-8,10,12H2,1-3H3. The van der Waals surface area contributed by atoms with Crippen molar-refractivity contribution in [2.75, 3.05) is 13.2 Å². The summed E-state index contributed by atoms with van der Waals surface area (Å²) in [4.78, 5) is 0. The molecule has 2 aromatic heterocycles. The van der Waals surface area contributed by atoms with Crippen molar-refractivity contribution in [3.63, 3.8) is 0 Å². The van der Waals surface area contributed by atoms with Gasteiger partial charge in [0.1, 0.15) is 12.4 Å². The van der Waals surface area contributed by atoms with E-state index in [-0.39, 0.29) is 0 Å². The maximum atomic E-state index is 5.55. The van der Waals surface area contributed by atoms with Crippen molar-refractivity contribution in [2.45, 2.75) is 39.3 Å². The molecular weight excluding hydrogens is 266 g/mol. The molecule has 21 heavy (non-hydrogen) atoms. The molecule has 1 N–H and O–H groups in total. The molecule has 0 aliphatic heterocycles. The van der Waals surface area contributed by atoms with Crippen LogP contribution in [0, 0.1) is 0 Å². The van der Waals surface area contributed by atoms with E-state index in [1.165, 1.54) is 11.3 Å². The van der Waals surface area contributed by atoms with Crippen molar-refractivity contribution in [1.82, 2.24) is 15.1 Å². The molecule has 0 bridgehead atoms. The molecule has 0 fully saturated rings. The maximum absolute atomic E-state index is 5.55. The molecule has 0 amide bonds. The zero-order valence-electron chi connectivity index (χ0n) is 13.1. The predicted molar refractivity (Wildman–Crippen MR) is 82.0 cm³/mol. The molecule has 0 unspecified atom stereocenters. The van der Waals surface area contributed by atoms with Gasteiger partial charge in [-0.1, -0.05) is 13.8 Å². The molecular formula is C16H25N3O2. The van der Waals surface area contributed by atoms with Crippen LogP contribution in [0.5, 0.6) is 0 Å². The Morgan fingerprint density at radius 1 is 1.43 bits per heavy atom. The highest BCUT2D eigenvalue weighted by Gasteiger charge is 2.10. The number of hydrogen-bond donors (Lipinski definition) is 1. The lowest BCUT2D eigenvalue weighted by atomic mass is 10.1. The van der Waals surface area contributed by atoms with Crippen LogP contribution in [0.2, 0.25) is 0 Å². The highest BCUT2D eigenvalue weighted by Crippen LogP contribution is 2.16. The third-order valence-corrected chi connectivity index (χ3v) is 3.27. The maximum Gasteiger partial charge on any atom is 0.129 e. The number of rotatable bonds is 9.